The maximum absolute atomic E-state index is 12.2. The molecule has 1 rings (SSSR count). The topological polar surface area (TPSA) is 69.7 Å². The van der Waals surface area contributed by atoms with Crippen molar-refractivity contribution in [2.45, 2.75) is 46.1 Å². The van der Waals surface area contributed by atoms with Crippen LogP contribution in [0.5, 0.6) is 0 Å². The number of carbonyl (C=O) groups excluding carboxylic acids is 1. The average molecular weight is 319 g/mol. The minimum Gasteiger partial charge on any atom is -0.353 e. The molecule has 124 valence electrons. The van der Waals surface area contributed by atoms with Crippen molar-refractivity contribution in [2.24, 2.45) is 0 Å². The molecule has 1 unspecified atom stereocenters. The number of likely N-dealkylation sites (N-methyl/N-ethyl adjacent to an activating group) is 1. The lowest BCUT2D eigenvalue weighted by molar-refractivity contribution is -0.124. The van der Waals surface area contributed by atoms with E-state index >= 15 is 0 Å². The summed E-state index contributed by atoms with van der Waals surface area (Å²) >= 11 is 0. The average Bonchev–Trinajstić information content (AvgIpc) is 2.93. The van der Waals surface area contributed by atoms with Crippen LogP contribution in [0.1, 0.15) is 40.0 Å². The van der Waals surface area contributed by atoms with Gasteiger partial charge in [-0.2, -0.15) is 4.31 Å². The Morgan fingerprint density at radius 3 is 2.52 bits per heavy atom. The molecule has 1 atom stereocenters. The number of hydrogen-bond donors (Lipinski definition) is 1. The molecule has 1 aliphatic heterocycles. The van der Waals surface area contributed by atoms with Crippen molar-refractivity contribution in [3.8, 4) is 0 Å². The van der Waals surface area contributed by atoms with Gasteiger partial charge in [-0.05, 0) is 32.4 Å². The highest BCUT2D eigenvalue weighted by atomic mass is 32.2. The van der Waals surface area contributed by atoms with Gasteiger partial charge < -0.3 is 10.2 Å². The van der Waals surface area contributed by atoms with Gasteiger partial charge in [0.2, 0.25) is 15.9 Å². The first kappa shape index (κ1) is 18.4. The molecule has 7 heteroatoms. The van der Waals surface area contributed by atoms with Gasteiger partial charge in [0.1, 0.15) is 6.04 Å². The highest BCUT2D eigenvalue weighted by Crippen LogP contribution is 2.21. The normalized spacial score (nSPS) is 20.1. The first-order valence-corrected chi connectivity index (χ1v) is 9.56. The maximum Gasteiger partial charge on any atom is 0.238 e. The number of hydrogen-bond acceptors (Lipinski definition) is 4. The van der Waals surface area contributed by atoms with Crippen LogP contribution in [0.2, 0.25) is 0 Å². The lowest BCUT2D eigenvalue weighted by Gasteiger charge is -2.24. The zero-order chi connectivity index (χ0) is 15.9. The fraction of sp³-hybridized carbons (Fsp3) is 0.929. The van der Waals surface area contributed by atoms with E-state index < -0.39 is 16.1 Å². The van der Waals surface area contributed by atoms with E-state index in [9.17, 15) is 13.2 Å². The van der Waals surface area contributed by atoms with E-state index in [1.807, 2.05) is 6.92 Å². The minimum atomic E-state index is -3.29. The summed E-state index contributed by atoms with van der Waals surface area (Å²) < 4.78 is 25.7. The number of nitrogens with zero attached hydrogens (tertiary/aromatic N) is 2. The van der Waals surface area contributed by atoms with Crippen molar-refractivity contribution in [3.05, 3.63) is 0 Å². The molecule has 0 spiro atoms. The quantitative estimate of drug-likeness (QED) is 0.677. The van der Waals surface area contributed by atoms with E-state index in [2.05, 4.69) is 24.1 Å². The summed E-state index contributed by atoms with van der Waals surface area (Å²) in [5.74, 6) is -0.0321. The molecule has 0 saturated carbocycles. The van der Waals surface area contributed by atoms with Gasteiger partial charge in [-0.1, -0.05) is 20.8 Å². The van der Waals surface area contributed by atoms with Crippen molar-refractivity contribution in [2.75, 3.05) is 38.5 Å². The predicted molar refractivity (Wildman–Crippen MR) is 84.6 cm³/mol. The van der Waals surface area contributed by atoms with Gasteiger partial charge in [0.05, 0.1) is 5.75 Å². The second-order valence-corrected chi connectivity index (χ2v) is 7.44. The number of amides is 1. The van der Waals surface area contributed by atoms with Crippen LogP contribution in [0.25, 0.3) is 0 Å². The third-order valence-electron chi connectivity index (χ3n) is 3.95. The van der Waals surface area contributed by atoms with Crippen LogP contribution in [-0.2, 0) is 14.8 Å². The van der Waals surface area contributed by atoms with Crippen LogP contribution in [-0.4, -0.2) is 68.0 Å². The highest BCUT2D eigenvalue weighted by Gasteiger charge is 2.37. The maximum atomic E-state index is 12.2. The fourth-order valence-corrected chi connectivity index (χ4v) is 4.45. The SMILES string of the molecule is CCCS(=O)(=O)N1CCCC1C(=O)NCCN(CC)CC. The van der Waals surface area contributed by atoms with Crippen LogP contribution in [0.15, 0.2) is 0 Å². The second-order valence-electron chi connectivity index (χ2n) is 5.40. The Bertz CT molecular complexity index is 421. The summed E-state index contributed by atoms with van der Waals surface area (Å²) in [5.41, 5.74) is 0. The van der Waals surface area contributed by atoms with Crippen molar-refractivity contribution in [1.82, 2.24) is 14.5 Å². The van der Waals surface area contributed by atoms with Crippen molar-refractivity contribution in [3.63, 3.8) is 0 Å². The molecular weight excluding hydrogens is 290 g/mol. The Labute approximate surface area is 128 Å². The molecule has 6 nitrogen and oxygen atoms in total. The number of nitrogens with one attached hydrogen (secondary N) is 1. The molecule has 1 fully saturated rings. The third kappa shape index (κ3) is 5.23. The lowest BCUT2D eigenvalue weighted by Crippen LogP contribution is -2.47. The molecule has 0 bridgehead atoms. The molecule has 1 heterocycles. The molecule has 0 aromatic heterocycles. The summed E-state index contributed by atoms with van der Waals surface area (Å²) in [7, 11) is -3.29. The second kappa shape index (κ2) is 8.70. The molecule has 0 aromatic carbocycles. The van der Waals surface area contributed by atoms with Crippen LogP contribution in [0.4, 0.5) is 0 Å². The Kier molecular flexibility index (Phi) is 7.62. The van der Waals surface area contributed by atoms with Gasteiger partial charge in [0.15, 0.2) is 0 Å². The van der Waals surface area contributed by atoms with Crippen molar-refractivity contribution in [1.29, 1.82) is 0 Å². The largest absolute Gasteiger partial charge is 0.353 e. The third-order valence-corrected chi connectivity index (χ3v) is 6.02. The standard InChI is InChI=1S/C14H29N3O3S/c1-4-12-21(19,20)17-10-7-8-13(17)14(18)15-9-11-16(5-2)6-3/h13H,4-12H2,1-3H3,(H,15,18). The first-order chi connectivity index (χ1) is 9.96. The summed E-state index contributed by atoms with van der Waals surface area (Å²) in [6, 6.07) is -0.516. The van der Waals surface area contributed by atoms with E-state index in [-0.39, 0.29) is 11.7 Å². The van der Waals surface area contributed by atoms with Gasteiger partial charge in [0, 0.05) is 19.6 Å². The lowest BCUT2D eigenvalue weighted by atomic mass is 10.2. The number of carbonyl (C=O) groups is 1. The molecule has 0 radical (unpaired) electrons. The highest BCUT2D eigenvalue weighted by molar-refractivity contribution is 7.89. The Morgan fingerprint density at radius 1 is 1.29 bits per heavy atom. The zero-order valence-electron chi connectivity index (χ0n) is 13.5. The molecule has 1 amide bonds. The van der Waals surface area contributed by atoms with Crippen molar-refractivity contribution >= 4 is 15.9 Å². The van der Waals surface area contributed by atoms with Gasteiger partial charge in [-0.3, -0.25) is 4.79 Å². The van der Waals surface area contributed by atoms with Gasteiger partial charge >= 0.3 is 0 Å². The number of sulfonamides is 1. The van der Waals surface area contributed by atoms with Crippen LogP contribution in [0, 0.1) is 0 Å². The summed E-state index contributed by atoms with van der Waals surface area (Å²) in [6.45, 7) is 9.75. The Balaban J connectivity index is 2.53. The summed E-state index contributed by atoms with van der Waals surface area (Å²) in [6.07, 6.45) is 1.96. The molecule has 0 aliphatic carbocycles. The fourth-order valence-electron chi connectivity index (χ4n) is 2.71. The zero-order valence-corrected chi connectivity index (χ0v) is 14.3. The molecule has 0 aromatic rings. The van der Waals surface area contributed by atoms with E-state index in [0.717, 1.165) is 26.1 Å². The molecule has 1 saturated heterocycles. The van der Waals surface area contributed by atoms with Gasteiger partial charge in [-0.15, -0.1) is 0 Å². The predicted octanol–water partition coefficient (Wildman–Crippen LogP) is 0.649. The summed E-state index contributed by atoms with van der Waals surface area (Å²) in [5, 5.41) is 2.88. The monoisotopic (exact) mass is 319 g/mol. The minimum absolute atomic E-state index is 0.121. The van der Waals surface area contributed by atoms with E-state index in [1.54, 1.807) is 0 Å². The van der Waals surface area contributed by atoms with Gasteiger partial charge in [-0.25, -0.2) is 8.42 Å². The number of rotatable bonds is 9. The van der Waals surface area contributed by atoms with Crippen LogP contribution < -0.4 is 5.32 Å². The molecule has 21 heavy (non-hydrogen) atoms. The molecular formula is C14H29N3O3S. The Morgan fingerprint density at radius 2 is 1.95 bits per heavy atom. The molecule has 1 aliphatic rings. The van der Waals surface area contributed by atoms with E-state index in [1.165, 1.54) is 4.31 Å². The van der Waals surface area contributed by atoms with E-state index in [4.69, 9.17) is 0 Å². The van der Waals surface area contributed by atoms with E-state index in [0.29, 0.717) is 25.9 Å². The summed E-state index contributed by atoms with van der Waals surface area (Å²) in [4.78, 5) is 14.5. The van der Waals surface area contributed by atoms with Crippen LogP contribution in [0.3, 0.4) is 0 Å². The van der Waals surface area contributed by atoms with Crippen LogP contribution >= 0.6 is 0 Å². The smallest absolute Gasteiger partial charge is 0.238 e. The Hall–Kier alpha value is -0.660. The first-order valence-electron chi connectivity index (χ1n) is 7.95. The van der Waals surface area contributed by atoms with Crippen molar-refractivity contribution < 1.29 is 13.2 Å². The van der Waals surface area contributed by atoms with Gasteiger partial charge in [0.25, 0.3) is 0 Å². The molecule has 1 N–H and O–H groups in total.